The van der Waals surface area contributed by atoms with E-state index in [-0.39, 0.29) is 23.3 Å². The number of nitrogens with one attached hydrogen (secondary N) is 1. The van der Waals surface area contributed by atoms with Gasteiger partial charge in [0.1, 0.15) is 0 Å². The van der Waals surface area contributed by atoms with Crippen LogP contribution in [0.15, 0.2) is 17.5 Å². The first-order valence-corrected chi connectivity index (χ1v) is 8.93. The second kappa shape index (κ2) is 7.45. The molecule has 2 rings (SSSR count). The van der Waals surface area contributed by atoms with Crippen molar-refractivity contribution in [2.75, 3.05) is 19.6 Å². The fraction of sp³-hybridized carbons (Fsp3) is 0.647. The van der Waals surface area contributed by atoms with Gasteiger partial charge in [-0.15, -0.1) is 11.3 Å². The predicted octanol–water partition coefficient (Wildman–Crippen LogP) is 2.75. The summed E-state index contributed by atoms with van der Waals surface area (Å²) in [5, 5.41) is 14.2. The van der Waals surface area contributed by atoms with E-state index >= 15 is 0 Å². The van der Waals surface area contributed by atoms with Gasteiger partial charge < -0.3 is 10.4 Å². The van der Waals surface area contributed by atoms with E-state index in [1.807, 2.05) is 16.3 Å². The van der Waals surface area contributed by atoms with Gasteiger partial charge >= 0.3 is 5.97 Å². The van der Waals surface area contributed by atoms with E-state index in [1.54, 1.807) is 11.3 Å². The summed E-state index contributed by atoms with van der Waals surface area (Å²) in [6, 6.07) is 4.05. The first-order valence-electron chi connectivity index (χ1n) is 8.05. The number of thiophene rings is 1. The highest BCUT2D eigenvalue weighted by molar-refractivity contribution is 7.10. The number of carbonyl (C=O) groups excluding carboxylic acids is 1. The van der Waals surface area contributed by atoms with Crippen LogP contribution < -0.4 is 5.32 Å². The number of aliphatic carboxylic acids is 1. The SMILES string of the molecule is CC(C)(C)C(NC(=O)CN1CCC(C(=O)O)CC1)c1cccs1. The number of carbonyl (C=O) groups is 2. The zero-order valence-corrected chi connectivity index (χ0v) is 14.9. The van der Waals surface area contributed by atoms with Gasteiger partial charge in [-0.3, -0.25) is 14.5 Å². The molecule has 0 saturated carbocycles. The number of hydrogen-bond donors (Lipinski definition) is 2. The molecule has 5 nitrogen and oxygen atoms in total. The van der Waals surface area contributed by atoms with E-state index in [1.165, 1.54) is 0 Å². The molecular formula is C17H26N2O3S. The van der Waals surface area contributed by atoms with Gasteiger partial charge in [0.25, 0.3) is 0 Å². The van der Waals surface area contributed by atoms with Crippen molar-refractivity contribution in [1.82, 2.24) is 10.2 Å². The number of rotatable bonds is 5. The molecule has 1 amide bonds. The van der Waals surface area contributed by atoms with Crippen LogP contribution in [0.4, 0.5) is 0 Å². The third-order valence-corrected chi connectivity index (χ3v) is 5.24. The molecular weight excluding hydrogens is 312 g/mol. The Morgan fingerprint density at radius 1 is 1.39 bits per heavy atom. The Hall–Kier alpha value is -1.40. The van der Waals surface area contributed by atoms with Crippen molar-refractivity contribution < 1.29 is 14.7 Å². The lowest BCUT2D eigenvalue weighted by molar-refractivity contribution is -0.143. The second-order valence-corrected chi connectivity index (χ2v) is 8.25. The van der Waals surface area contributed by atoms with Crippen LogP contribution in [0.25, 0.3) is 0 Å². The van der Waals surface area contributed by atoms with Gasteiger partial charge in [0.2, 0.25) is 5.91 Å². The standard InChI is InChI=1S/C17H26N2O3S/c1-17(2,3)15(13-5-4-10-23-13)18-14(20)11-19-8-6-12(7-9-19)16(21)22/h4-5,10,12,15H,6-9,11H2,1-3H3,(H,18,20)(H,21,22). The topological polar surface area (TPSA) is 69.6 Å². The molecule has 23 heavy (non-hydrogen) atoms. The van der Waals surface area contributed by atoms with Crippen molar-refractivity contribution >= 4 is 23.2 Å². The Bertz CT molecular complexity index is 529. The molecule has 1 aliphatic heterocycles. The third-order valence-electron chi connectivity index (χ3n) is 4.30. The molecule has 2 heterocycles. The van der Waals surface area contributed by atoms with Gasteiger partial charge in [0.15, 0.2) is 0 Å². The molecule has 0 aromatic carbocycles. The molecule has 1 saturated heterocycles. The lowest BCUT2D eigenvalue weighted by Crippen LogP contribution is -2.45. The summed E-state index contributed by atoms with van der Waals surface area (Å²) in [7, 11) is 0. The average molecular weight is 338 g/mol. The molecule has 1 aromatic heterocycles. The predicted molar refractivity (Wildman–Crippen MR) is 91.5 cm³/mol. The summed E-state index contributed by atoms with van der Waals surface area (Å²) in [6.07, 6.45) is 1.24. The molecule has 1 aliphatic rings. The van der Waals surface area contributed by atoms with Crippen LogP contribution in [0.3, 0.4) is 0 Å². The number of nitrogens with zero attached hydrogens (tertiary/aromatic N) is 1. The number of carboxylic acids is 1. The monoisotopic (exact) mass is 338 g/mol. The summed E-state index contributed by atoms with van der Waals surface area (Å²) in [5.74, 6) is -0.977. The van der Waals surface area contributed by atoms with Crippen LogP contribution in [0, 0.1) is 11.3 Å². The molecule has 1 atom stereocenters. The highest BCUT2D eigenvalue weighted by atomic mass is 32.1. The van der Waals surface area contributed by atoms with E-state index < -0.39 is 5.97 Å². The Kier molecular flexibility index (Phi) is 5.81. The first kappa shape index (κ1) is 17.9. The van der Waals surface area contributed by atoms with E-state index in [2.05, 4.69) is 32.2 Å². The van der Waals surface area contributed by atoms with Crippen LogP contribution in [0.2, 0.25) is 0 Å². The number of piperidine rings is 1. The van der Waals surface area contributed by atoms with Crippen molar-refractivity contribution in [2.24, 2.45) is 11.3 Å². The Balaban J connectivity index is 1.89. The molecule has 0 spiro atoms. The molecule has 0 radical (unpaired) electrons. The first-order chi connectivity index (χ1) is 10.8. The third kappa shape index (κ3) is 5.04. The average Bonchev–Trinajstić information content (AvgIpc) is 2.98. The summed E-state index contributed by atoms with van der Waals surface area (Å²) >= 11 is 1.66. The minimum absolute atomic E-state index is 0.00657. The maximum atomic E-state index is 12.4. The molecule has 128 valence electrons. The maximum Gasteiger partial charge on any atom is 0.306 e. The van der Waals surface area contributed by atoms with Gasteiger partial charge in [0, 0.05) is 4.88 Å². The van der Waals surface area contributed by atoms with Crippen molar-refractivity contribution in [1.29, 1.82) is 0 Å². The number of amides is 1. The van der Waals surface area contributed by atoms with E-state index in [0.29, 0.717) is 32.5 Å². The molecule has 1 unspecified atom stereocenters. The lowest BCUT2D eigenvalue weighted by atomic mass is 9.85. The van der Waals surface area contributed by atoms with Crippen molar-refractivity contribution in [3.63, 3.8) is 0 Å². The van der Waals surface area contributed by atoms with Crippen LogP contribution >= 0.6 is 11.3 Å². The Labute approximate surface area is 141 Å². The van der Waals surface area contributed by atoms with Crippen LogP contribution in [-0.4, -0.2) is 41.5 Å². The summed E-state index contributed by atoms with van der Waals surface area (Å²) in [6.45, 7) is 8.04. The van der Waals surface area contributed by atoms with Crippen molar-refractivity contribution in [3.05, 3.63) is 22.4 Å². The van der Waals surface area contributed by atoms with Gasteiger partial charge in [-0.25, -0.2) is 0 Å². The van der Waals surface area contributed by atoms with E-state index in [0.717, 1.165) is 4.88 Å². The zero-order chi connectivity index (χ0) is 17.0. The lowest BCUT2D eigenvalue weighted by Gasteiger charge is -2.33. The number of likely N-dealkylation sites (tertiary alicyclic amines) is 1. The van der Waals surface area contributed by atoms with Gasteiger partial charge in [-0.05, 0) is 42.8 Å². The molecule has 1 aromatic rings. The summed E-state index contributed by atoms with van der Waals surface area (Å²) in [5.41, 5.74) is -0.0587. The van der Waals surface area contributed by atoms with Crippen LogP contribution in [0.1, 0.15) is 44.5 Å². The largest absolute Gasteiger partial charge is 0.481 e. The number of carboxylic acid groups (broad SMARTS) is 1. The second-order valence-electron chi connectivity index (χ2n) is 7.27. The van der Waals surface area contributed by atoms with Crippen LogP contribution in [0.5, 0.6) is 0 Å². The smallest absolute Gasteiger partial charge is 0.306 e. The fourth-order valence-corrected chi connectivity index (χ4v) is 3.94. The zero-order valence-electron chi connectivity index (χ0n) is 14.0. The van der Waals surface area contributed by atoms with Gasteiger partial charge in [0.05, 0.1) is 18.5 Å². The van der Waals surface area contributed by atoms with Gasteiger partial charge in [-0.2, -0.15) is 0 Å². The van der Waals surface area contributed by atoms with E-state index in [4.69, 9.17) is 5.11 Å². The summed E-state index contributed by atoms with van der Waals surface area (Å²) in [4.78, 5) is 26.6. The molecule has 1 fully saturated rings. The molecule has 0 bridgehead atoms. The Morgan fingerprint density at radius 3 is 2.52 bits per heavy atom. The van der Waals surface area contributed by atoms with Crippen LogP contribution in [-0.2, 0) is 9.59 Å². The van der Waals surface area contributed by atoms with E-state index in [9.17, 15) is 9.59 Å². The molecule has 6 heteroatoms. The van der Waals surface area contributed by atoms with Gasteiger partial charge in [-0.1, -0.05) is 26.8 Å². The minimum atomic E-state index is -0.723. The number of hydrogen-bond acceptors (Lipinski definition) is 4. The maximum absolute atomic E-state index is 12.4. The highest BCUT2D eigenvalue weighted by Crippen LogP contribution is 2.35. The minimum Gasteiger partial charge on any atom is -0.481 e. The van der Waals surface area contributed by atoms with Crippen molar-refractivity contribution in [2.45, 2.75) is 39.7 Å². The quantitative estimate of drug-likeness (QED) is 0.866. The van der Waals surface area contributed by atoms with Crippen molar-refractivity contribution in [3.8, 4) is 0 Å². The molecule has 0 aliphatic carbocycles. The Morgan fingerprint density at radius 2 is 2.04 bits per heavy atom. The highest BCUT2D eigenvalue weighted by Gasteiger charge is 2.30. The normalized spacial score (nSPS) is 18.6. The fourth-order valence-electron chi connectivity index (χ4n) is 2.92. The molecule has 2 N–H and O–H groups in total. The summed E-state index contributed by atoms with van der Waals surface area (Å²) < 4.78 is 0.